The fourth-order valence-corrected chi connectivity index (χ4v) is 3.02. The number of nitrogens with one attached hydrogen (secondary N) is 2. The second-order valence-corrected chi connectivity index (χ2v) is 9.09. The molecule has 0 fully saturated rings. The number of primary amides is 1. The third-order valence-corrected chi connectivity index (χ3v) is 4.59. The van der Waals surface area contributed by atoms with Crippen LogP contribution in [0.5, 0.6) is 0 Å². The Morgan fingerprint density at radius 2 is 1.65 bits per heavy atom. The van der Waals surface area contributed by atoms with E-state index >= 15 is 0 Å². The minimum absolute atomic E-state index is 0.189. The SMILES string of the molecule is CN(C)CCCN(Cc1ccc(C(=O)Nc2ccccc2NC(=O)OC(C)(C)C)nc1)C(N)=O. The van der Waals surface area contributed by atoms with E-state index in [1.54, 1.807) is 68.3 Å². The Kier molecular flexibility index (Phi) is 9.37. The maximum atomic E-state index is 12.7. The molecule has 0 atom stereocenters. The lowest BCUT2D eigenvalue weighted by molar-refractivity contribution is 0.0635. The molecule has 1 aromatic heterocycles. The molecule has 4 amide bonds. The molecule has 1 aromatic carbocycles. The van der Waals surface area contributed by atoms with Crippen molar-refractivity contribution in [1.29, 1.82) is 0 Å². The normalized spacial score (nSPS) is 11.1. The topological polar surface area (TPSA) is 130 Å². The molecule has 0 unspecified atom stereocenters. The van der Waals surface area contributed by atoms with Gasteiger partial charge in [0.05, 0.1) is 11.4 Å². The number of benzene rings is 1. The van der Waals surface area contributed by atoms with E-state index in [9.17, 15) is 14.4 Å². The second kappa shape index (κ2) is 12.0. The molecule has 1 heterocycles. The molecular formula is C24H34N6O4. The van der Waals surface area contributed by atoms with Crippen molar-refractivity contribution in [3.8, 4) is 0 Å². The van der Waals surface area contributed by atoms with Crippen molar-refractivity contribution in [2.75, 3.05) is 37.8 Å². The molecular weight excluding hydrogens is 436 g/mol. The lowest BCUT2D eigenvalue weighted by atomic mass is 10.2. The van der Waals surface area contributed by atoms with Crippen molar-refractivity contribution in [3.05, 3.63) is 53.9 Å². The quantitative estimate of drug-likeness (QED) is 0.514. The smallest absolute Gasteiger partial charge is 0.412 e. The molecule has 10 nitrogen and oxygen atoms in total. The van der Waals surface area contributed by atoms with E-state index in [2.05, 4.69) is 15.6 Å². The van der Waals surface area contributed by atoms with Crippen molar-refractivity contribution < 1.29 is 19.1 Å². The minimum Gasteiger partial charge on any atom is -0.444 e. The number of urea groups is 1. The Morgan fingerprint density at radius 3 is 2.18 bits per heavy atom. The van der Waals surface area contributed by atoms with Gasteiger partial charge in [0.1, 0.15) is 11.3 Å². The summed E-state index contributed by atoms with van der Waals surface area (Å²) < 4.78 is 5.27. The Bertz CT molecular complexity index is 986. The highest BCUT2D eigenvalue weighted by Crippen LogP contribution is 2.22. The van der Waals surface area contributed by atoms with Crippen LogP contribution in [0.25, 0.3) is 0 Å². The molecule has 0 aliphatic rings. The number of nitrogens with zero attached hydrogens (tertiary/aromatic N) is 3. The molecule has 4 N–H and O–H groups in total. The maximum Gasteiger partial charge on any atom is 0.412 e. The number of anilines is 2. The highest BCUT2D eigenvalue weighted by Gasteiger charge is 2.18. The van der Waals surface area contributed by atoms with Gasteiger partial charge in [-0.05, 0) is 71.6 Å². The number of pyridine rings is 1. The standard InChI is InChI=1S/C24H34N6O4/c1-24(2,3)34-23(33)28-19-10-7-6-9-18(19)27-21(31)20-12-11-17(15-26-20)16-30(22(25)32)14-8-13-29(4)5/h6-7,9-12,15H,8,13-14,16H2,1-5H3,(H2,25,32)(H,27,31)(H,28,33). The van der Waals surface area contributed by atoms with E-state index in [-0.39, 0.29) is 5.69 Å². The van der Waals surface area contributed by atoms with Crippen molar-refractivity contribution in [2.24, 2.45) is 5.73 Å². The zero-order valence-corrected chi connectivity index (χ0v) is 20.4. The lowest BCUT2D eigenvalue weighted by Gasteiger charge is -2.21. The summed E-state index contributed by atoms with van der Waals surface area (Å²) in [7, 11) is 3.93. The van der Waals surface area contributed by atoms with E-state index in [1.807, 2.05) is 19.0 Å². The lowest BCUT2D eigenvalue weighted by Crippen LogP contribution is -2.37. The van der Waals surface area contributed by atoms with E-state index in [1.165, 1.54) is 0 Å². The number of hydrogen-bond acceptors (Lipinski definition) is 6. The van der Waals surface area contributed by atoms with E-state index < -0.39 is 23.6 Å². The highest BCUT2D eigenvalue weighted by molar-refractivity contribution is 6.05. The zero-order chi connectivity index (χ0) is 25.3. The monoisotopic (exact) mass is 470 g/mol. The van der Waals surface area contributed by atoms with Gasteiger partial charge in [-0.15, -0.1) is 0 Å². The van der Waals surface area contributed by atoms with Crippen LogP contribution in [-0.2, 0) is 11.3 Å². The summed E-state index contributed by atoms with van der Waals surface area (Å²) in [6.45, 7) is 6.97. The molecule has 0 bridgehead atoms. The van der Waals surface area contributed by atoms with Crippen LogP contribution in [0.4, 0.5) is 21.0 Å². The molecule has 34 heavy (non-hydrogen) atoms. The molecule has 184 valence electrons. The largest absolute Gasteiger partial charge is 0.444 e. The third kappa shape index (κ3) is 9.07. The molecule has 2 rings (SSSR count). The molecule has 10 heteroatoms. The van der Waals surface area contributed by atoms with Gasteiger partial charge in [-0.25, -0.2) is 9.59 Å². The summed E-state index contributed by atoms with van der Waals surface area (Å²) in [6.07, 6.45) is 1.71. The van der Waals surface area contributed by atoms with Gasteiger partial charge >= 0.3 is 12.1 Å². The Hall–Kier alpha value is -3.66. The number of hydrogen-bond donors (Lipinski definition) is 3. The fraction of sp³-hybridized carbons (Fsp3) is 0.417. The number of aromatic nitrogens is 1. The molecule has 0 spiro atoms. The summed E-state index contributed by atoms with van der Waals surface area (Å²) in [4.78, 5) is 44.4. The van der Waals surface area contributed by atoms with Crippen LogP contribution in [0, 0.1) is 0 Å². The first-order valence-electron chi connectivity index (χ1n) is 11.0. The minimum atomic E-state index is -0.648. The third-order valence-electron chi connectivity index (χ3n) is 4.59. The predicted molar refractivity (Wildman–Crippen MR) is 132 cm³/mol. The molecule has 0 radical (unpaired) electrons. The zero-order valence-electron chi connectivity index (χ0n) is 20.4. The average Bonchev–Trinajstić information content (AvgIpc) is 2.73. The Labute approximate surface area is 200 Å². The molecule has 0 aliphatic carbocycles. The fourth-order valence-electron chi connectivity index (χ4n) is 3.02. The van der Waals surface area contributed by atoms with Crippen LogP contribution in [0.1, 0.15) is 43.2 Å². The summed E-state index contributed by atoms with van der Waals surface area (Å²) in [5.41, 5.74) is 6.60. The molecule has 2 aromatic rings. The van der Waals surface area contributed by atoms with E-state index in [4.69, 9.17) is 10.5 Å². The van der Waals surface area contributed by atoms with Gasteiger partial charge < -0.3 is 25.6 Å². The van der Waals surface area contributed by atoms with Crippen LogP contribution in [0.15, 0.2) is 42.6 Å². The number of nitrogens with two attached hydrogens (primary N) is 1. The van der Waals surface area contributed by atoms with Crippen LogP contribution in [-0.4, -0.2) is 65.6 Å². The van der Waals surface area contributed by atoms with Gasteiger partial charge in [0.2, 0.25) is 0 Å². The number of carbonyl (C=O) groups is 3. The number of amides is 4. The number of rotatable bonds is 9. The molecule has 0 aliphatic heterocycles. The van der Waals surface area contributed by atoms with E-state index in [0.717, 1.165) is 18.5 Å². The number of para-hydroxylation sites is 2. The molecule has 0 saturated heterocycles. The van der Waals surface area contributed by atoms with Gasteiger partial charge in [0.15, 0.2) is 0 Å². The molecule has 0 saturated carbocycles. The first-order chi connectivity index (χ1) is 15.9. The first-order valence-corrected chi connectivity index (χ1v) is 11.0. The highest BCUT2D eigenvalue weighted by atomic mass is 16.6. The van der Waals surface area contributed by atoms with Gasteiger partial charge in [-0.3, -0.25) is 15.1 Å². The van der Waals surface area contributed by atoms with Crippen molar-refractivity contribution in [1.82, 2.24) is 14.8 Å². The maximum absolute atomic E-state index is 12.7. The van der Waals surface area contributed by atoms with Crippen LogP contribution < -0.4 is 16.4 Å². The summed E-state index contributed by atoms with van der Waals surface area (Å²) in [6, 6.07) is 9.60. The summed E-state index contributed by atoms with van der Waals surface area (Å²) in [5, 5.41) is 5.39. The van der Waals surface area contributed by atoms with Gasteiger partial charge in [0, 0.05) is 19.3 Å². The van der Waals surface area contributed by atoms with Crippen LogP contribution >= 0.6 is 0 Å². The van der Waals surface area contributed by atoms with E-state index in [0.29, 0.717) is 24.5 Å². The summed E-state index contributed by atoms with van der Waals surface area (Å²) in [5.74, 6) is -0.442. The Morgan fingerprint density at radius 1 is 1.00 bits per heavy atom. The van der Waals surface area contributed by atoms with Crippen molar-refractivity contribution >= 4 is 29.4 Å². The van der Waals surface area contributed by atoms with Crippen molar-refractivity contribution in [2.45, 2.75) is 39.3 Å². The number of ether oxygens (including phenoxy) is 1. The average molecular weight is 471 g/mol. The van der Waals surface area contributed by atoms with Crippen molar-refractivity contribution in [3.63, 3.8) is 0 Å². The van der Waals surface area contributed by atoms with Crippen LogP contribution in [0.3, 0.4) is 0 Å². The van der Waals surface area contributed by atoms with Gasteiger partial charge in [-0.1, -0.05) is 18.2 Å². The number of carbonyl (C=O) groups excluding carboxylic acids is 3. The van der Waals surface area contributed by atoms with Gasteiger partial charge in [-0.2, -0.15) is 0 Å². The predicted octanol–water partition coefficient (Wildman–Crippen LogP) is 3.51. The second-order valence-electron chi connectivity index (χ2n) is 9.09. The Balaban J connectivity index is 2.02. The van der Waals surface area contributed by atoms with Crippen LogP contribution in [0.2, 0.25) is 0 Å². The first kappa shape index (κ1) is 26.6. The van der Waals surface area contributed by atoms with Gasteiger partial charge in [0.25, 0.3) is 5.91 Å². The summed E-state index contributed by atoms with van der Waals surface area (Å²) >= 11 is 0.